The molecule has 1 fully saturated rings. The predicted octanol–water partition coefficient (Wildman–Crippen LogP) is 3.28. The lowest BCUT2D eigenvalue weighted by molar-refractivity contribution is 0.0723. The second-order valence-corrected chi connectivity index (χ2v) is 6.73. The van der Waals surface area contributed by atoms with Crippen LogP contribution < -0.4 is 0 Å². The second-order valence-electron chi connectivity index (χ2n) is 5.29. The Morgan fingerprint density at radius 1 is 1.52 bits per heavy atom. The molecule has 112 valence electrons. The van der Waals surface area contributed by atoms with E-state index in [2.05, 4.69) is 15.1 Å². The van der Waals surface area contributed by atoms with E-state index in [4.69, 9.17) is 16.1 Å². The molecule has 3 rings (SSSR count). The van der Waals surface area contributed by atoms with Gasteiger partial charge in [-0.15, -0.1) is 11.3 Å². The minimum Gasteiger partial charge on any atom is -0.339 e. The third-order valence-electron chi connectivity index (χ3n) is 3.46. The molecule has 0 bridgehead atoms. The van der Waals surface area contributed by atoms with Gasteiger partial charge in [0.1, 0.15) is 5.69 Å². The molecule has 0 radical (unpaired) electrons. The maximum atomic E-state index is 12.5. The summed E-state index contributed by atoms with van der Waals surface area (Å²) in [6.45, 7) is 4.66. The second kappa shape index (κ2) is 5.73. The molecular formula is C13H15ClN4O2S. The van der Waals surface area contributed by atoms with Gasteiger partial charge >= 0.3 is 0 Å². The molecule has 2 aromatic rings. The van der Waals surface area contributed by atoms with E-state index in [1.54, 1.807) is 10.3 Å². The van der Waals surface area contributed by atoms with Gasteiger partial charge in [-0.2, -0.15) is 4.98 Å². The van der Waals surface area contributed by atoms with E-state index >= 15 is 0 Å². The summed E-state index contributed by atoms with van der Waals surface area (Å²) < 4.78 is 5.61. The molecule has 1 amide bonds. The first kappa shape index (κ1) is 14.5. The average Bonchev–Trinajstić information content (AvgIpc) is 3.17. The molecule has 0 saturated carbocycles. The largest absolute Gasteiger partial charge is 0.339 e. The summed E-state index contributed by atoms with van der Waals surface area (Å²) in [6.07, 6.45) is 1.75. The highest BCUT2D eigenvalue weighted by molar-refractivity contribution is 7.14. The molecule has 0 aliphatic carbocycles. The zero-order valence-corrected chi connectivity index (χ0v) is 13.3. The van der Waals surface area contributed by atoms with Crippen LogP contribution in [0.2, 0.25) is 4.47 Å². The molecule has 2 aromatic heterocycles. The van der Waals surface area contributed by atoms with Crippen LogP contribution in [-0.4, -0.2) is 32.5 Å². The van der Waals surface area contributed by atoms with Crippen LogP contribution in [0.1, 0.15) is 60.9 Å². The quantitative estimate of drug-likeness (QED) is 0.865. The van der Waals surface area contributed by atoms with Crippen molar-refractivity contribution >= 4 is 28.8 Å². The Bertz CT molecular complexity index is 654. The standard InChI is InChI=1S/C13H15ClN4O2S/c1-7(2)11-16-10(17-20-11)9-4-3-5-18(9)12(19)8-6-21-13(14)15-8/h6-7,9H,3-5H2,1-2H3/t9-/m0/s1. The van der Waals surface area contributed by atoms with Gasteiger partial charge in [0.2, 0.25) is 5.89 Å². The van der Waals surface area contributed by atoms with Crippen LogP contribution >= 0.6 is 22.9 Å². The first-order valence-electron chi connectivity index (χ1n) is 6.81. The van der Waals surface area contributed by atoms with E-state index in [-0.39, 0.29) is 17.9 Å². The van der Waals surface area contributed by atoms with Crippen LogP contribution in [0.25, 0.3) is 0 Å². The zero-order chi connectivity index (χ0) is 15.0. The number of carbonyl (C=O) groups is 1. The molecule has 1 aliphatic heterocycles. The Balaban J connectivity index is 1.83. The van der Waals surface area contributed by atoms with Crippen LogP contribution in [0.15, 0.2) is 9.90 Å². The van der Waals surface area contributed by atoms with E-state index in [1.807, 2.05) is 13.8 Å². The number of carbonyl (C=O) groups excluding carboxylic acids is 1. The highest BCUT2D eigenvalue weighted by Gasteiger charge is 2.34. The lowest BCUT2D eigenvalue weighted by atomic mass is 10.2. The highest BCUT2D eigenvalue weighted by atomic mass is 35.5. The maximum Gasteiger partial charge on any atom is 0.274 e. The average molecular weight is 327 g/mol. The summed E-state index contributed by atoms with van der Waals surface area (Å²) >= 11 is 7.05. The number of thiazole rings is 1. The maximum absolute atomic E-state index is 12.5. The fraction of sp³-hybridized carbons (Fsp3) is 0.538. The molecule has 6 nitrogen and oxygen atoms in total. The van der Waals surface area contributed by atoms with Crippen LogP contribution in [0.3, 0.4) is 0 Å². The molecular weight excluding hydrogens is 312 g/mol. The van der Waals surface area contributed by atoms with E-state index < -0.39 is 0 Å². The van der Waals surface area contributed by atoms with Crippen molar-refractivity contribution in [2.24, 2.45) is 0 Å². The Kier molecular flexibility index (Phi) is 3.95. The van der Waals surface area contributed by atoms with Crippen molar-refractivity contribution in [3.63, 3.8) is 0 Å². The van der Waals surface area contributed by atoms with E-state index in [0.717, 1.165) is 12.8 Å². The van der Waals surface area contributed by atoms with Gasteiger partial charge < -0.3 is 9.42 Å². The summed E-state index contributed by atoms with van der Waals surface area (Å²) in [5.41, 5.74) is 0.379. The molecule has 8 heteroatoms. The van der Waals surface area contributed by atoms with E-state index in [1.165, 1.54) is 11.3 Å². The fourth-order valence-electron chi connectivity index (χ4n) is 2.39. The molecule has 0 unspecified atom stereocenters. The zero-order valence-electron chi connectivity index (χ0n) is 11.7. The Morgan fingerprint density at radius 2 is 2.33 bits per heavy atom. The first-order chi connectivity index (χ1) is 10.1. The van der Waals surface area contributed by atoms with Gasteiger partial charge in [0.25, 0.3) is 5.91 Å². The van der Waals surface area contributed by atoms with Crippen LogP contribution in [-0.2, 0) is 0 Å². The summed E-state index contributed by atoms with van der Waals surface area (Å²) in [6, 6.07) is -0.144. The first-order valence-corrected chi connectivity index (χ1v) is 8.07. The molecule has 1 aliphatic rings. The third-order valence-corrected chi connectivity index (χ3v) is 4.44. The Morgan fingerprint density at radius 3 is 2.95 bits per heavy atom. The van der Waals surface area contributed by atoms with Crippen molar-refractivity contribution in [1.29, 1.82) is 0 Å². The van der Waals surface area contributed by atoms with Gasteiger partial charge in [-0.3, -0.25) is 4.79 Å². The summed E-state index contributed by atoms with van der Waals surface area (Å²) in [7, 11) is 0. The van der Waals surface area contributed by atoms with Crippen LogP contribution in [0.4, 0.5) is 0 Å². The fourth-order valence-corrected chi connectivity index (χ4v) is 3.13. The molecule has 3 heterocycles. The lowest BCUT2D eigenvalue weighted by Gasteiger charge is -2.21. The molecule has 0 N–H and O–H groups in total. The summed E-state index contributed by atoms with van der Waals surface area (Å²) in [4.78, 5) is 22.7. The smallest absolute Gasteiger partial charge is 0.274 e. The number of nitrogens with zero attached hydrogens (tertiary/aromatic N) is 4. The minimum atomic E-state index is -0.144. The number of aromatic nitrogens is 3. The number of halogens is 1. The number of amides is 1. The van der Waals surface area contributed by atoms with Crippen molar-refractivity contribution in [2.45, 2.75) is 38.6 Å². The molecule has 0 aromatic carbocycles. The van der Waals surface area contributed by atoms with Crippen LogP contribution in [0, 0.1) is 0 Å². The number of rotatable bonds is 3. The molecule has 1 saturated heterocycles. The Labute approximate surface area is 131 Å². The van der Waals surface area contributed by atoms with E-state index in [9.17, 15) is 4.79 Å². The molecule has 1 atom stereocenters. The van der Waals surface area contributed by atoms with E-state index in [0.29, 0.717) is 28.4 Å². The van der Waals surface area contributed by atoms with Crippen LogP contribution in [0.5, 0.6) is 0 Å². The van der Waals surface area contributed by atoms with Gasteiger partial charge in [-0.05, 0) is 12.8 Å². The van der Waals surface area contributed by atoms with Gasteiger partial charge in [0, 0.05) is 17.8 Å². The van der Waals surface area contributed by atoms with Gasteiger partial charge in [-0.1, -0.05) is 30.6 Å². The minimum absolute atomic E-state index is 0.128. The number of likely N-dealkylation sites (tertiary alicyclic amines) is 1. The summed E-state index contributed by atoms with van der Waals surface area (Å²) in [5.74, 6) is 1.22. The number of hydrogen-bond donors (Lipinski definition) is 0. The lowest BCUT2D eigenvalue weighted by Crippen LogP contribution is -2.31. The van der Waals surface area contributed by atoms with Crippen molar-refractivity contribution in [1.82, 2.24) is 20.0 Å². The van der Waals surface area contributed by atoms with Gasteiger partial charge in [-0.25, -0.2) is 4.98 Å². The highest BCUT2D eigenvalue weighted by Crippen LogP contribution is 2.32. The predicted molar refractivity (Wildman–Crippen MR) is 78.5 cm³/mol. The molecule has 21 heavy (non-hydrogen) atoms. The van der Waals surface area contributed by atoms with Gasteiger partial charge in [0.05, 0.1) is 6.04 Å². The van der Waals surface area contributed by atoms with Gasteiger partial charge in [0.15, 0.2) is 10.3 Å². The normalized spacial score (nSPS) is 18.7. The molecule has 0 spiro atoms. The van der Waals surface area contributed by atoms with Crippen molar-refractivity contribution in [2.75, 3.05) is 6.54 Å². The third kappa shape index (κ3) is 2.80. The SMILES string of the molecule is CC(C)c1nc([C@@H]2CCCN2C(=O)c2csc(Cl)n2)no1. The monoisotopic (exact) mass is 326 g/mol. The van der Waals surface area contributed by atoms with Crippen molar-refractivity contribution < 1.29 is 9.32 Å². The van der Waals surface area contributed by atoms with Crippen molar-refractivity contribution in [3.05, 3.63) is 27.3 Å². The van der Waals surface area contributed by atoms with Crippen molar-refractivity contribution in [3.8, 4) is 0 Å². The topological polar surface area (TPSA) is 72.1 Å². The Hall–Kier alpha value is -1.47. The summed E-state index contributed by atoms with van der Waals surface area (Å²) in [5, 5.41) is 5.70. The number of hydrogen-bond acceptors (Lipinski definition) is 6.